The van der Waals surface area contributed by atoms with Crippen LogP contribution >= 0.6 is 0 Å². The Kier molecular flexibility index (Phi) is 9.10. The zero-order valence-electron chi connectivity index (χ0n) is 22.5. The highest BCUT2D eigenvalue weighted by Gasteiger charge is 2.13. The Morgan fingerprint density at radius 2 is 1.07 bits per heavy atom. The molecule has 0 unspecified atom stereocenters. The van der Waals surface area contributed by atoms with Gasteiger partial charge in [-0.3, -0.25) is 0 Å². The van der Waals surface area contributed by atoms with Gasteiger partial charge in [-0.05, 0) is 52.6 Å². The van der Waals surface area contributed by atoms with Crippen LogP contribution in [0.3, 0.4) is 0 Å². The summed E-state index contributed by atoms with van der Waals surface area (Å²) in [5, 5.41) is 9.84. The molecule has 0 bridgehead atoms. The molecule has 0 amide bonds. The summed E-state index contributed by atoms with van der Waals surface area (Å²) in [5.74, 6) is 0.670. The van der Waals surface area contributed by atoms with E-state index in [1.807, 2.05) is 127 Å². The van der Waals surface area contributed by atoms with E-state index < -0.39 is 5.97 Å². The van der Waals surface area contributed by atoms with E-state index in [2.05, 4.69) is 0 Å². The van der Waals surface area contributed by atoms with Crippen molar-refractivity contribution >= 4 is 18.1 Å². The summed E-state index contributed by atoms with van der Waals surface area (Å²) in [7, 11) is 0. The van der Waals surface area contributed by atoms with Crippen LogP contribution in [0.15, 0.2) is 127 Å². The molecule has 0 saturated carbocycles. The molecule has 5 aromatic rings. The van der Waals surface area contributed by atoms with Crippen LogP contribution < -0.4 is 14.2 Å². The van der Waals surface area contributed by atoms with Gasteiger partial charge in [-0.1, -0.05) is 109 Å². The van der Waals surface area contributed by atoms with Crippen LogP contribution in [-0.4, -0.2) is 11.1 Å². The number of hydrogen-bond acceptors (Lipinski definition) is 4. The molecule has 0 aliphatic carbocycles. The first-order valence-electron chi connectivity index (χ1n) is 13.3. The third-order valence-corrected chi connectivity index (χ3v) is 6.39. The average Bonchev–Trinajstić information content (AvgIpc) is 3.02. The van der Waals surface area contributed by atoms with E-state index >= 15 is 0 Å². The number of aromatic carboxylic acids is 1. The number of carboxylic acid groups (broad SMARTS) is 1. The fourth-order valence-corrected chi connectivity index (χ4v) is 4.22. The second kappa shape index (κ2) is 13.7. The molecule has 0 saturated heterocycles. The van der Waals surface area contributed by atoms with E-state index in [1.54, 1.807) is 12.1 Å². The molecule has 0 fully saturated rings. The van der Waals surface area contributed by atoms with Gasteiger partial charge >= 0.3 is 5.97 Å². The quantitative estimate of drug-likeness (QED) is 0.161. The van der Waals surface area contributed by atoms with Crippen LogP contribution in [0.1, 0.15) is 38.2 Å². The number of carbonyl (C=O) groups is 1. The fraction of sp³-hybridized carbons (Fsp3) is 0.0833. The Hall–Kier alpha value is -5.29. The number of hydrogen-bond donors (Lipinski definition) is 1. The highest BCUT2D eigenvalue weighted by molar-refractivity contribution is 5.92. The second-order valence-electron chi connectivity index (χ2n) is 9.42. The highest BCUT2D eigenvalue weighted by atomic mass is 16.5. The van der Waals surface area contributed by atoms with Gasteiger partial charge in [0.25, 0.3) is 0 Å². The monoisotopic (exact) mass is 542 g/mol. The van der Waals surface area contributed by atoms with E-state index in [0.29, 0.717) is 30.5 Å². The van der Waals surface area contributed by atoms with Gasteiger partial charge in [0.1, 0.15) is 42.6 Å². The maximum Gasteiger partial charge on any atom is 0.339 e. The number of carboxylic acids is 1. The molecule has 0 radical (unpaired) electrons. The normalized spacial score (nSPS) is 10.8. The largest absolute Gasteiger partial charge is 0.489 e. The van der Waals surface area contributed by atoms with Crippen LogP contribution in [0.4, 0.5) is 0 Å². The van der Waals surface area contributed by atoms with Crippen molar-refractivity contribution in [1.82, 2.24) is 0 Å². The molecule has 5 heteroatoms. The molecule has 5 aromatic carbocycles. The maximum absolute atomic E-state index is 12.0. The van der Waals surface area contributed by atoms with Gasteiger partial charge in [0.05, 0.1) is 0 Å². The lowest BCUT2D eigenvalue weighted by Gasteiger charge is -2.13. The number of ether oxygens (including phenoxy) is 3. The summed E-state index contributed by atoms with van der Waals surface area (Å²) in [4.78, 5) is 12.0. The topological polar surface area (TPSA) is 65.0 Å². The molecule has 0 spiro atoms. The predicted molar refractivity (Wildman–Crippen MR) is 161 cm³/mol. The lowest BCUT2D eigenvalue weighted by molar-refractivity contribution is 0.0691. The predicted octanol–water partition coefficient (Wildman–Crippen LogP) is 8.29. The summed E-state index contributed by atoms with van der Waals surface area (Å²) in [6.07, 6.45) is 3.76. The van der Waals surface area contributed by atoms with Crippen molar-refractivity contribution < 1.29 is 24.1 Å². The van der Waals surface area contributed by atoms with Crippen LogP contribution in [-0.2, 0) is 19.8 Å². The molecule has 0 aliphatic heterocycles. The summed E-state index contributed by atoms with van der Waals surface area (Å²) in [6, 6.07) is 40.4. The molecule has 0 atom stereocenters. The first-order chi connectivity index (χ1) is 20.1. The Bertz CT molecular complexity index is 1600. The van der Waals surface area contributed by atoms with E-state index in [9.17, 15) is 9.90 Å². The van der Waals surface area contributed by atoms with E-state index in [0.717, 1.165) is 27.8 Å². The van der Waals surface area contributed by atoms with Crippen LogP contribution in [0.25, 0.3) is 12.2 Å². The first-order valence-corrected chi connectivity index (χ1v) is 13.3. The number of benzene rings is 5. The average molecular weight is 543 g/mol. The van der Waals surface area contributed by atoms with Gasteiger partial charge in [0.15, 0.2) is 0 Å². The van der Waals surface area contributed by atoms with Gasteiger partial charge in [-0.25, -0.2) is 4.79 Å². The molecule has 41 heavy (non-hydrogen) atoms. The minimum Gasteiger partial charge on any atom is -0.489 e. The third kappa shape index (κ3) is 7.87. The second-order valence-corrected chi connectivity index (χ2v) is 9.42. The Morgan fingerprint density at radius 3 is 1.63 bits per heavy atom. The van der Waals surface area contributed by atoms with Gasteiger partial charge < -0.3 is 19.3 Å². The van der Waals surface area contributed by atoms with E-state index in [1.165, 1.54) is 0 Å². The van der Waals surface area contributed by atoms with Gasteiger partial charge in [-0.2, -0.15) is 0 Å². The van der Waals surface area contributed by atoms with Crippen LogP contribution in [0.2, 0.25) is 0 Å². The molecule has 5 rings (SSSR count). The fourth-order valence-electron chi connectivity index (χ4n) is 4.22. The summed E-state index contributed by atoms with van der Waals surface area (Å²) in [6.45, 7) is 1.15. The van der Waals surface area contributed by atoms with Gasteiger partial charge in [-0.15, -0.1) is 0 Å². The first kappa shape index (κ1) is 27.3. The smallest absolute Gasteiger partial charge is 0.339 e. The van der Waals surface area contributed by atoms with Crippen molar-refractivity contribution in [3.8, 4) is 17.2 Å². The van der Waals surface area contributed by atoms with Crippen molar-refractivity contribution in [2.75, 3.05) is 0 Å². The molecule has 1 N–H and O–H groups in total. The Balaban J connectivity index is 1.36. The lowest BCUT2D eigenvalue weighted by atomic mass is 10.1. The summed E-state index contributed by atoms with van der Waals surface area (Å²) >= 11 is 0. The standard InChI is InChI=1S/C36H30O5/c37-36(38)33-22-27(17-20-35(33)41-26-30-14-8-3-9-15-30)16-18-31-23-32(39-24-28-10-4-1-5-11-28)19-21-34(31)40-25-29-12-6-2-7-13-29/h1-23H,24-26H2,(H,37,38)/b18-16+. The minimum absolute atomic E-state index is 0.101. The molecular formula is C36H30O5. The minimum atomic E-state index is -1.05. The molecule has 0 aliphatic rings. The maximum atomic E-state index is 12.0. The lowest BCUT2D eigenvalue weighted by Crippen LogP contribution is -2.03. The SMILES string of the molecule is O=C(O)c1cc(/C=C/c2cc(OCc3ccccc3)ccc2OCc2ccccc2)ccc1OCc1ccccc1. The molecule has 0 heterocycles. The summed E-state index contributed by atoms with van der Waals surface area (Å²) in [5.41, 5.74) is 4.73. The van der Waals surface area contributed by atoms with Gasteiger partial charge in [0.2, 0.25) is 0 Å². The summed E-state index contributed by atoms with van der Waals surface area (Å²) < 4.78 is 18.0. The zero-order chi connectivity index (χ0) is 28.3. The van der Waals surface area contributed by atoms with Crippen LogP contribution in [0, 0.1) is 0 Å². The van der Waals surface area contributed by atoms with Crippen LogP contribution in [0.5, 0.6) is 17.2 Å². The molecule has 5 nitrogen and oxygen atoms in total. The van der Waals surface area contributed by atoms with Crippen molar-refractivity contribution in [2.45, 2.75) is 19.8 Å². The zero-order valence-corrected chi connectivity index (χ0v) is 22.5. The molecule has 204 valence electrons. The van der Waals surface area contributed by atoms with E-state index in [-0.39, 0.29) is 12.2 Å². The number of rotatable bonds is 12. The van der Waals surface area contributed by atoms with Crippen molar-refractivity contribution in [3.63, 3.8) is 0 Å². The molecular weight excluding hydrogens is 512 g/mol. The molecule has 0 aromatic heterocycles. The third-order valence-electron chi connectivity index (χ3n) is 6.39. The van der Waals surface area contributed by atoms with Crippen molar-refractivity contribution in [3.05, 3.63) is 161 Å². The van der Waals surface area contributed by atoms with Crippen molar-refractivity contribution in [2.24, 2.45) is 0 Å². The van der Waals surface area contributed by atoms with E-state index in [4.69, 9.17) is 14.2 Å². The Morgan fingerprint density at radius 1 is 0.561 bits per heavy atom. The Labute approximate surface area is 239 Å². The highest BCUT2D eigenvalue weighted by Crippen LogP contribution is 2.29. The van der Waals surface area contributed by atoms with Gasteiger partial charge in [0, 0.05) is 5.56 Å². The van der Waals surface area contributed by atoms with Crippen molar-refractivity contribution in [1.29, 1.82) is 0 Å².